The number of hydrogen-bond acceptors (Lipinski definition) is 2. The second-order valence-electron chi connectivity index (χ2n) is 8.83. The van der Waals surface area contributed by atoms with Crippen LogP contribution in [0.3, 0.4) is 0 Å². The van der Waals surface area contributed by atoms with Crippen LogP contribution in [0.4, 0.5) is 8.78 Å². The first kappa shape index (κ1) is 18.0. The van der Waals surface area contributed by atoms with Crippen LogP contribution in [0.1, 0.15) is 71.9 Å². The Morgan fingerprint density at radius 3 is 2.45 bits per heavy atom. The fraction of sp³-hybridized carbons (Fsp3) is 0.304. The lowest BCUT2D eigenvalue weighted by Gasteiger charge is -2.21. The van der Waals surface area contributed by atoms with Crippen LogP contribution in [0.25, 0.3) is 5.69 Å². The van der Waals surface area contributed by atoms with Gasteiger partial charge in [-0.15, -0.1) is 0 Å². The van der Waals surface area contributed by atoms with Crippen molar-refractivity contribution in [3.05, 3.63) is 82.2 Å². The number of benzene rings is 2. The standard InChI is InChI=1S/C23H21F2N3O/c1-23(2,3)26-22(29)20-19-15-11-16(14-7-5-4-6-13(14)15)21(19)28(27-20)18-9-8-12(24)10-17(18)25/h4-10,15-16H,11H2,1-3H3,(H,26,29). The van der Waals surface area contributed by atoms with E-state index in [2.05, 4.69) is 22.5 Å². The monoisotopic (exact) mass is 393 g/mol. The molecule has 0 spiro atoms. The van der Waals surface area contributed by atoms with Gasteiger partial charge in [-0.3, -0.25) is 4.79 Å². The first-order valence-electron chi connectivity index (χ1n) is 9.74. The third-order valence-electron chi connectivity index (χ3n) is 5.70. The van der Waals surface area contributed by atoms with Gasteiger partial charge in [0.05, 0.1) is 5.69 Å². The lowest BCUT2D eigenvalue weighted by molar-refractivity contribution is 0.0912. The van der Waals surface area contributed by atoms with E-state index in [-0.39, 0.29) is 23.4 Å². The quantitative estimate of drug-likeness (QED) is 0.688. The maximum atomic E-state index is 14.6. The molecule has 0 radical (unpaired) electrons. The van der Waals surface area contributed by atoms with Crippen LogP contribution in [0.2, 0.25) is 0 Å². The molecule has 148 valence electrons. The van der Waals surface area contributed by atoms with E-state index in [0.717, 1.165) is 23.7 Å². The van der Waals surface area contributed by atoms with Gasteiger partial charge in [-0.05, 0) is 50.5 Å². The number of rotatable bonds is 2. The van der Waals surface area contributed by atoms with E-state index < -0.39 is 17.2 Å². The molecular formula is C23H21F2N3O. The maximum absolute atomic E-state index is 14.6. The molecule has 2 unspecified atom stereocenters. The minimum atomic E-state index is -0.700. The molecular weight excluding hydrogens is 372 g/mol. The number of amides is 1. The summed E-state index contributed by atoms with van der Waals surface area (Å²) < 4.78 is 29.6. The Morgan fingerprint density at radius 1 is 1.10 bits per heavy atom. The van der Waals surface area contributed by atoms with E-state index in [1.165, 1.54) is 27.9 Å². The van der Waals surface area contributed by atoms with Gasteiger partial charge < -0.3 is 5.32 Å². The molecule has 1 amide bonds. The van der Waals surface area contributed by atoms with Crippen molar-refractivity contribution < 1.29 is 13.6 Å². The van der Waals surface area contributed by atoms with Crippen LogP contribution in [0, 0.1) is 11.6 Å². The van der Waals surface area contributed by atoms with Crippen molar-refractivity contribution >= 4 is 5.91 Å². The Hall–Kier alpha value is -3.02. The van der Waals surface area contributed by atoms with Gasteiger partial charge in [0.1, 0.15) is 11.5 Å². The molecule has 0 saturated carbocycles. The van der Waals surface area contributed by atoms with Crippen molar-refractivity contribution in [2.45, 2.75) is 44.6 Å². The summed E-state index contributed by atoms with van der Waals surface area (Å²) in [5, 5.41) is 7.51. The van der Waals surface area contributed by atoms with Crippen LogP contribution in [0.5, 0.6) is 0 Å². The van der Waals surface area contributed by atoms with Gasteiger partial charge in [0.25, 0.3) is 5.91 Å². The van der Waals surface area contributed by atoms with Gasteiger partial charge in [0.15, 0.2) is 11.5 Å². The SMILES string of the molecule is CC(C)(C)NC(=O)c1nn(-c2ccc(F)cc2F)c2c1C1CC2c2ccccc21. The van der Waals surface area contributed by atoms with E-state index in [9.17, 15) is 13.6 Å². The molecule has 0 saturated heterocycles. The highest BCUT2D eigenvalue weighted by Gasteiger charge is 2.47. The summed E-state index contributed by atoms with van der Waals surface area (Å²) in [6, 6.07) is 11.6. The number of carbonyl (C=O) groups excluding carboxylic acids is 1. The number of fused-ring (bicyclic) bond motifs is 8. The van der Waals surface area contributed by atoms with Crippen LogP contribution >= 0.6 is 0 Å². The predicted octanol–water partition coefficient (Wildman–Crippen LogP) is 4.66. The molecule has 2 bridgehead atoms. The molecule has 2 aliphatic carbocycles. The molecule has 29 heavy (non-hydrogen) atoms. The van der Waals surface area contributed by atoms with Gasteiger partial charge in [-0.1, -0.05) is 24.3 Å². The Balaban J connectivity index is 1.72. The van der Waals surface area contributed by atoms with E-state index >= 15 is 0 Å². The molecule has 2 aromatic carbocycles. The summed E-state index contributed by atoms with van der Waals surface area (Å²) in [5.74, 6) is -1.52. The third-order valence-corrected chi connectivity index (χ3v) is 5.70. The molecule has 0 aliphatic heterocycles. The van der Waals surface area contributed by atoms with Crippen molar-refractivity contribution in [1.82, 2.24) is 15.1 Å². The molecule has 2 aliphatic rings. The Kier molecular flexibility index (Phi) is 3.72. The molecule has 3 aromatic rings. The van der Waals surface area contributed by atoms with Crippen molar-refractivity contribution in [3.63, 3.8) is 0 Å². The molecule has 1 aromatic heterocycles. The summed E-state index contributed by atoms with van der Waals surface area (Å²) in [7, 11) is 0. The molecule has 6 heteroatoms. The van der Waals surface area contributed by atoms with Crippen molar-refractivity contribution in [2.24, 2.45) is 0 Å². The molecule has 5 rings (SSSR count). The summed E-state index contributed by atoms with van der Waals surface area (Å²) in [6.07, 6.45) is 0.838. The molecule has 4 nitrogen and oxygen atoms in total. The van der Waals surface area contributed by atoms with Crippen LogP contribution in [0.15, 0.2) is 42.5 Å². The first-order chi connectivity index (χ1) is 13.7. The highest BCUT2D eigenvalue weighted by Crippen LogP contribution is 2.57. The lowest BCUT2D eigenvalue weighted by Crippen LogP contribution is -2.41. The summed E-state index contributed by atoms with van der Waals surface area (Å²) >= 11 is 0. The van der Waals surface area contributed by atoms with E-state index in [1.54, 1.807) is 0 Å². The zero-order chi connectivity index (χ0) is 20.5. The second-order valence-corrected chi connectivity index (χ2v) is 8.83. The third kappa shape index (κ3) is 2.69. The largest absolute Gasteiger partial charge is 0.346 e. The summed E-state index contributed by atoms with van der Waals surface area (Å²) in [6.45, 7) is 5.72. The zero-order valence-electron chi connectivity index (χ0n) is 16.5. The lowest BCUT2D eigenvalue weighted by atomic mass is 9.88. The number of halogens is 2. The van der Waals surface area contributed by atoms with Crippen LogP contribution in [-0.2, 0) is 0 Å². The highest BCUT2D eigenvalue weighted by atomic mass is 19.1. The Labute approximate surface area is 167 Å². The average Bonchev–Trinajstić information content (AvgIpc) is 3.30. The fourth-order valence-corrected chi connectivity index (χ4v) is 4.69. The average molecular weight is 393 g/mol. The fourth-order valence-electron chi connectivity index (χ4n) is 4.69. The molecule has 1 N–H and O–H groups in total. The Morgan fingerprint density at radius 2 is 1.79 bits per heavy atom. The second kappa shape index (κ2) is 5.99. The topological polar surface area (TPSA) is 46.9 Å². The van der Waals surface area contributed by atoms with Gasteiger partial charge in [-0.25, -0.2) is 13.5 Å². The zero-order valence-corrected chi connectivity index (χ0v) is 16.5. The van der Waals surface area contributed by atoms with Gasteiger partial charge in [-0.2, -0.15) is 5.10 Å². The molecule has 0 fully saturated rings. The van der Waals surface area contributed by atoms with Crippen LogP contribution < -0.4 is 5.32 Å². The molecule has 1 heterocycles. The van der Waals surface area contributed by atoms with E-state index in [4.69, 9.17) is 0 Å². The van der Waals surface area contributed by atoms with Gasteiger partial charge >= 0.3 is 0 Å². The van der Waals surface area contributed by atoms with E-state index in [0.29, 0.717) is 5.69 Å². The van der Waals surface area contributed by atoms with Crippen LogP contribution in [-0.4, -0.2) is 21.2 Å². The van der Waals surface area contributed by atoms with Crippen molar-refractivity contribution in [2.75, 3.05) is 0 Å². The van der Waals surface area contributed by atoms with Gasteiger partial charge in [0.2, 0.25) is 0 Å². The smallest absolute Gasteiger partial charge is 0.272 e. The Bertz CT molecular complexity index is 1160. The van der Waals surface area contributed by atoms with Crippen molar-refractivity contribution in [3.8, 4) is 5.69 Å². The number of carbonyl (C=O) groups is 1. The van der Waals surface area contributed by atoms with Crippen molar-refractivity contribution in [1.29, 1.82) is 0 Å². The summed E-state index contributed by atoms with van der Waals surface area (Å²) in [5.41, 5.74) is 4.13. The minimum Gasteiger partial charge on any atom is -0.346 e. The minimum absolute atomic E-state index is 0.0411. The normalized spacial score (nSPS) is 19.2. The predicted molar refractivity (Wildman–Crippen MR) is 105 cm³/mol. The number of nitrogens with one attached hydrogen (secondary N) is 1. The number of nitrogens with zero attached hydrogens (tertiary/aromatic N) is 2. The maximum Gasteiger partial charge on any atom is 0.272 e. The summed E-state index contributed by atoms with van der Waals surface area (Å²) in [4.78, 5) is 13.1. The highest BCUT2D eigenvalue weighted by molar-refractivity contribution is 5.95. The van der Waals surface area contributed by atoms with Gasteiger partial charge in [0, 0.05) is 29.0 Å². The number of hydrogen-bond donors (Lipinski definition) is 1. The van der Waals surface area contributed by atoms with E-state index in [1.807, 2.05) is 32.9 Å². The molecule has 2 atom stereocenters. The first-order valence-corrected chi connectivity index (χ1v) is 9.74. The number of aromatic nitrogens is 2.